The van der Waals surface area contributed by atoms with E-state index >= 15 is 0 Å². The lowest BCUT2D eigenvalue weighted by Crippen LogP contribution is -2.39. The zero-order chi connectivity index (χ0) is 14.4. The molecular weight excluding hydrogens is 264 g/mol. The number of carbonyl (C=O) groups is 1. The molecule has 1 aliphatic heterocycles. The zero-order valence-corrected chi connectivity index (χ0v) is 12.3. The lowest BCUT2D eigenvalue weighted by atomic mass is 9.67. The van der Waals surface area contributed by atoms with Crippen molar-refractivity contribution in [3.05, 3.63) is 29.1 Å². The number of fused-ring (bicyclic) bond motifs is 1. The van der Waals surface area contributed by atoms with Crippen LogP contribution >= 0.6 is 0 Å². The Morgan fingerprint density at radius 3 is 2.90 bits per heavy atom. The molecule has 1 N–H and O–H groups in total. The van der Waals surface area contributed by atoms with Crippen LogP contribution in [0, 0.1) is 5.41 Å². The van der Waals surface area contributed by atoms with E-state index in [1.165, 1.54) is 44.7 Å². The molecule has 0 unspecified atom stereocenters. The van der Waals surface area contributed by atoms with Gasteiger partial charge in [-0.1, -0.05) is 6.42 Å². The van der Waals surface area contributed by atoms with Crippen molar-refractivity contribution in [1.29, 1.82) is 0 Å². The summed E-state index contributed by atoms with van der Waals surface area (Å²) in [7, 11) is 0. The predicted octanol–water partition coefficient (Wildman–Crippen LogP) is 2.86. The highest BCUT2D eigenvalue weighted by Crippen LogP contribution is 2.54. The quantitative estimate of drug-likeness (QED) is 0.908. The lowest BCUT2D eigenvalue weighted by molar-refractivity contribution is 0.0695. The fourth-order valence-electron chi connectivity index (χ4n) is 4.48. The minimum atomic E-state index is -0.879. The molecule has 2 fully saturated rings. The monoisotopic (exact) mass is 286 g/mol. The van der Waals surface area contributed by atoms with Gasteiger partial charge in [0.15, 0.2) is 0 Å². The topological polar surface area (TPSA) is 53.4 Å². The first kappa shape index (κ1) is 13.3. The molecule has 2 aliphatic carbocycles. The third kappa shape index (κ3) is 2.26. The Balaban J connectivity index is 1.48. The normalized spacial score (nSPS) is 27.3. The van der Waals surface area contributed by atoms with Crippen molar-refractivity contribution < 1.29 is 9.90 Å². The smallest absolute Gasteiger partial charge is 0.337 e. The summed E-state index contributed by atoms with van der Waals surface area (Å²) in [6, 6.07) is 2.53. The molecule has 2 heterocycles. The van der Waals surface area contributed by atoms with E-state index in [9.17, 15) is 4.79 Å². The Morgan fingerprint density at radius 1 is 1.38 bits per heavy atom. The Labute approximate surface area is 125 Å². The number of nitrogens with zero attached hydrogens (tertiary/aromatic N) is 2. The molecule has 0 bridgehead atoms. The van der Waals surface area contributed by atoms with Crippen LogP contribution in [-0.2, 0) is 13.0 Å². The fraction of sp³-hybridized carbons (Fsp3) is 0.647. The number of rotatable bonds is 2. The van der Waals surface area contributed by atoms with Gasteiger partial charge in [-0.05, 0) is 55.6 Å². The molecule has 112 valence electrons. The number of hydrogen-bond donors (Lipinski definition) is 1. The standard InChI is InChI=1S/C17H22N2O2/c20-16(21)13-8-12-3-7-19(11-15(12)18-10-13)14-2-6-17(9-14)4-1-5-17/h8,10,14H,1-7,9,11H2,(H,20,21)/t14-/m1/s1. The molecule has 2 saturated carbocycles. The fourth-order valence-corrected chi connectivity index (χ4v) is 4.48. The van der Waals surface area contributed by atoms with E-state index in [4.69, 9.17) is 5.11 Å². The van der Waals surface area contributed by atoms with Crippen LogP contribution < -0.4 is 0 Å². The van der Waals surface area contributed by atoms with E-state index in [0.29, 0.717) is 11.0 Å². The van der Waals surface area contributed by atoms with Gasteiger partial charge in [-0.3, -0.25) is 9.88 Å². The van der Waals surface area contributed by atoms with Crippen LogP contribution in [-0.4, -0.2) is 33.5 Å². The Hall–Kier alpha value is -1.42. The number of pyridine rings is 1. The van der Waals surface area contributed by atoms with Gasteiger partial charge in [-0.15, -0.1) is 0 Å². The summed E-state index contributed by atoms with van der Waals surface area (Å²) in [5.74, 6) is -0.879. The largest absolute Gasteiger partial charge is 0.478 e. The molecule has 4 rings (SSSR count). The highest BCUT2D eigenvalue weighted by atomic mass is 16.4. The van der Waals surface area contributed by atoms with Crippen LogP contribution in [0.2, 0.25) is 0 Å². The Bertz CT molecular complexity index is 580. The number of hydrogen-bond acceptors (Lipinski definition) is 3. The molecule has 0 radical (unpaired) electrons. The number of carboxylic acids is 1. The van der Waals surface area contributed by atoms with E-state index in [1.54, 1.807) is 0 Å². The first-order chi connectivity index (χ1) is 10.2. The second-order valence-electron chi connectivity index (χ2n) is 7.11. The van der Waals surface area contributed by atoms with Gasteiger partial charge in [0, 0.05) is 25.3 Å². The minimum absolute atomic E-state index is 0.316. The van der Waals surface area contributed by atoms with E-state index in [0.717, 1.165) is 36.8 Å². The maximum absolute atomic E-state index is 11.0. The van der Waals surface area contributed by atoms with E-state index in [1.807, 2.05) is 6.07 Å². The molecule has 1 aromatic heterocycles. The molecule has 4 nitrogen and oxygen atoms in total. The molecule has 0 amide bonds. The summed E-state index contributed by atoms with van der Waals surface area (Å²) in [5.41, 5.74) is 3.21. The molecule has 21 heavy (non-hydrogen) atoms. The van der Waals surface area contributed by atoms with Gasteiger partial charge in [0.2, 0.25) is 0 Å². The Morgan fingerprint density at radius 2 is 2.24 bits per heavy atom. The molecular formula is C17H22N2O2. The average molecular weight is 286 g/mol. The van der Waals surface area contributed by atoms with Crippen molar-refractivity contribution in [2.45, 2.75) is 57.5 Å². The third-order valence-corrected chi connectivity index (χ3v) is 5.94. The van der Waals surface area contributed by atoms with Crippen molar-refractivity contribution in [3.63, 3.8) is 0 Å². The van der Waals surface area contributed by atoms with Gasteiger partial charge < -0.3 is 5.11 Å². The highest BCUT2D eigenvalue weighted by Gasteiger charge is 2.45. The van der Waals surface area contributed by atoms with Gasteiger partial charge >= 0.3 is 5.97 Å². The number of carboxylic acid groups (broad SMARTS) is 1. The number of aromatic carboxylic acids is 1. The first-order valence-electron chi connectivity index (χ1n) is 8.10. The summed E-state index contributed by atoms with van der Waals surface area (Å²) in [6.45, 7) is 1.95. The minimum Gasteiger partial charge on any atom is -0.478 e. The van der Waals surface area contributed by atoms with Gasteiger partial charge in [-0.25, -0.2) is 4.79 Å². The zero-order valence-electron chi connectivity index (χ0n) is 12.3. The van der Waals surface area contributed by atoms with Crippen molar-refractivity contribution in [2.24, 2.45) is 5.41 Å². The molecule has 1 atom stereocenters. The van der Waals surface area contributed by atoms with Crippen molar-refractivity contribution in [1.82, 2.24) is 9.88 Å². The van der Waals surface area contributed by atoms with E-state index < -0.39 is 5.97 Å². The molecule has 1 aromatic rings. The third-order valence-electron chi connectivity index (χ3n) is 5.94. The van der Waals surface area contributed by atoms with Crippen LogP contribution in [0.3, 0.4) is 0 Å². The van der Waals surface area contributed by atoms with Crippen LogP contribution in [0.4, 0.5) is 0 Å². The van der Waals surface area contributed by atoms with Crippen LogP contribution in [0.15, 0.2) is 12.3 Å². The van der Waals surface area contributed by atoms with Gasteiger partial charge in [-0.2, -0.15) is 0 Å². The first-order valence-corrected chi connectivity index (χ1v) is 8.10. The maximum Gasteiger partial charge on any atom is 0.337 e. The molecule has 4 heteroatoms. The average Bonchev–Trinajstić information content (AvgIpc) is 2.91. The summed E-state index contributed by atoms with van der Waals surface area (Å²) >= 11 is 0. The summed E-state index contributed by atoms with van der Waals surface area (Å²) < 4.78 is 0. The predicted molar refractivity (Wildman–Crippen MR) is 79.2 cm³/mol. The summed E-state index contributed by atoms with van der Waals surface area (Å²) in [5, 5.41) is 9.05. The van der Waals surface area contributed by atoms with Crippen molar-refractivity contribution in [2.75, 3.05) is 6.54 Å². The van der Waals surface area contributed by atoms with Gasteiger partial charge in [0.05, 0.1) is 11.3 Å². The highest BCUT2D eigenvalue weighted by molar-refractivity contribution is 5.87. The second kappa shape index (κ2) is 4.80. The molecule has 0 saturated heterocycles. The molecule has 3 aliphatic rings. The van der Waals surface area contributed by atoms with Gasteiger partial charge in [0.25, 0.3) is 0 Å². The van der Waals surface area contributed by atoms with Crippen LogP contribution in [0.5, 0.6) is 0 Å². The SMILES string of the molecule is O=C(O)c1cnc2c(c1)CCN([C@@H]1CCC3(CCC3)C1)C2. The second-order valence-corrected chi connectivity index (χ2v) is 7.11. The van der Waals surface area contributed by atoms with Crippen LogP contribution in [0.1, 0.15) is 60.1 Å². The van der Waals surface area contributed by atoms with Crippen LogP contribution in [0.25, 0.3) is 0 Å². The van der Waals surface area contributed by atoms with Gasteiger partial charge in [0.1, 0.15) is 0 Å². The number of aromatic nitrogens is 1. The summed E-state index contributed by atoms with van der Waals surface area (Å²) in [6.07, 6.45) is 10.9. The maximum atomic E-state index is 11.0. The molecule has 1 spiro atoms. The molecule has 0 aromatic carbocycles. The van der Waals surface area contributed by atoms with Crippen molar-refractivity contribution in [3.8, 4) is 0 Å². The van der Waals surface area contributed by atoms with Crippen molar-refractivity contribution >= 4 is 5.97 Å². The lowest BCUT2D eigenvalue weighted by Gasteiger charge is -2.40. The Kier molecular flexibility index (Phi) is 3.03. The van der Waals surface area contributed by atoms with E-state index in [-0.39, 0.29) is 0 Å². The summed E-state index contributed by atoms with van der Waals surface area (Å²) in [4.78, 5) is 18.0. The van der Waals surface area contributed by atoms with E-state index in [2.05, 4.69) is 9.88 Å².